The Morgan fingerprint density at radius 3 is 2.56 bits per heavy atom. The Labute approximate surface area is 149 Å². The van der Waals surface area contributed by atoms with E-state index in [0.717, 1.165) is 32.0 Å². The van der Waals surface area contributed by atoms with Gasteiger partial charge in [-0.05, 0) is 25.5 Å². The highest BCUT2D eigenvalue weighted by molar-refractivity contribution is 7.91. The number of nitrogens with zero attached hydrogens (tertiary/aromatic N) is 4. The Hall–Kier alpha value is -1.67. The highest BCUT2D eigenvalue weighted by Crippen LogP contribution is 2.19. The lowest BCUT2D eigenvalue weighted by atomic mass is 10.1. The molecule has 0 spiro atoms. The number of carbonyl (C=O) groups excluding carboxylic acids is 1. The van der Waals surface area contributed by atoms with Crippen LogP contribution in [0.15, 0.2) is 24.4 Å². The quantitative estimate of drug-likeness (QED) is 0.760. The molecule has 1 amide bonds. The first-order valence-electron chi connectivity index (χ1n) is 8.74. The number of anilines is 1. The third-order valence-corrected chi connectivity index (χ3v) is 7.05. The SMILES string of the molecule is C[C@@H](C(=O)N(C)[C@@H]1CCS(=O)(=O)C1)N1CCN(c2ccccn2)CC1. The van der Waals surface area contributed by atoms with Gasteiger partial charge in [0.05, 0.1) is 17.5 Å². The summed E-state index contributed by atoms with van der Waals surface area (Å²) >= 11 is 0. The van der Waals surface area contributed by atoms with Gasteiger partial charge in [0.15, 0.2) is 9.84 Å². The predicted molar refractivity (Wildman–Crippen MR) is 97.3 cm³/mol. The molecule has 0 saturated carbocycles. The smallest absolute Gasteiger partial charge is 0.239 e. The highest BCUT2D eigenvalue weighted by atomic mass is 32.2. The van der Waals surface area contributed by atoms with Crippen LogP contribution in [0.5, 0.6) is 0 Å². The van der Waals surface area contributed by atoms with Crippen molar-refractivity contribution in [2.75, 3.05) is 49.6 Å². The first-order valence-corrected chi connectivity index (χ1v) is 10.6. The van der Waals surface area contributed by atoms with Gasteiger partial charge in [-0.15, -0.1) is 0 Å². The molecule has 7 nitrogen and oxygen atoms in total. The normalized spacial score (nSPS) is 24.9. The summed E-state index contributed by atoms with van der Waals surface area (Å²) in [7, 11) is -1.25. The molecule has 2 atom stereocenters. The number of rotatable bonds is 4. The van der Waals surface area contributed by atoms with Gasteiger partial charge >= 0.3 is 0 Å². The third-order valence-electron chi connectivity index (χ3n) is 5.30. The molecule has 0 unspecified atom stereocenters. The van der Waals surface area contributed by atoms with E-state index in [-0.39, 0.29) is 29.5 Å². The van der Waals surface area contributed by atoms with Crippen molar-refractivity contribution in [2.24, 2.45) is 0 Å². The van der Waals surface area contributed by atoms with Crippen molar-refractivity contribution in [3.63, 3.8) is 0 Å². The van der Waals surface area contributed by atoms with Crippen molar-refractivity contribution in [3.05, 3.63) is 24.4 Å². The van der Waals surface area contributed by atoms with Crippen LogP contribution in [-0.4, -0.2) is 85.9 Å². The summed E-state index contributed by atoms with van der Waals surface area (Å²) < 4.78 is 23.3. The fourth-order valence-corrected chi connectivity index (χ4v) is 5.37. The van der Waals surface area contributed by atoms with Crippen LogP contribution >= 0.6 is 0 Å². The average Bonchev–Trinajstić information content (AvgIpc) is 3.00. The standard InChI is InChI=1S/C17H26N4O3S/c1-14(17(22)19(2)15-6-12-25(23,24)13-15)20-8-10-21(11-9-20)16-5-3-4-7-18-16/h3-5,7,14-15H,6,8-13H2,1-2H3/t14-,15+/m0/s1. The maximum absolute atomic E-state index is 12.8. The number of pyridine rings is 1. The summed E-state index contributed by atoms with van der Waals surface area (Å²) in [6, 6.07) is 5.46. The van der Waals surface area contributed by atoms with Crippen LogP contribution in [0, 0.1) is 0 Å². The van der Waals surface area contributed by atoms with Gasteiger partial charge in [0.25, 0.3) is 0 Å². The lowest BCUT2D eigenvalue weighted by Gasteiger charge is -2.39. The lowest BCUT2D eigenvalue weighted by Crippen LogP contribution is -2.55. The molecular formula is C17H26N4O3S. The van der Waals surface area contributed by atoms with Crippen LogP contribution in [0.2, 0.25) is 0 Å². The van der Waals surface area contributed by atoms with E-state index in [9.17, 15) is 13.2 Å². The van der Waals surface area contributed by atoms with E-state index in [0.29, 0.717) is 6.42 Å². The maximum atomic E-state index is 12.8. The summed E-state index contributed by atoms with van der Waals surface area (Å²) in [6.45, 7) is 5.16. The zero-order valence-electron chi connectivity index (χ0n) is 14.8. The second-order valence-electron chi connectivity index (χ2n) is 6.89. The Morgan fingerprint density at radius 2 is 2.00 bits per heavy atom. The molecule has 0 aromatic carbocycles. The monoisotopic (exact) mass is 366 g/mol. The fraction of sp³-hybridized carbons (Fsp3) is 0.647. The fourth-order valence-electron chi connectivity index (χ4n) is 3.59. The van der Waals surface area contributed by atoms with Crippen molar-refractivity contribution in [3.8, 4) is 0 Å². The van der Waals surface area contributed by atoms with Crippen LogP contribution in [0.3, 0.4) is 0 Å². The minimum absolute atomic E-state index is 0.00776. The molecule has 2 saturated heterocycles. The Morgan fingerprint density at radius 1 is 1.28 bits per heavy atom. The molecule has 2 aliphatic rings. The maximum Gasteiger partial charge on any atom is 0.239 e. The molecule has 3 heterocycles. The molecule has 0 bridgehead atoms. The van der Waals surface area contributed by atoms with Crippen molar-refractivity contribution in [1.82, 2.24) is 14.8 Å². The number of amides is 1. The van der Waals surface area contributed by atoms with Gasteiger partial charge in [-0.1, -0.05) is 6.07 Å². The number of hydrogen-bond donors (Lipinski definition) is 0. The summed E-state index contributed by atoms with van der Waals surface area (Å²) in [5.74, 6) is 1.25. The third kappa shape index (κ3) is 4.12. The number of sulfone groups is 1. The number of aromatic nitrogens is 1. The molecule has 1 aromatic heterocycles. The predicted octanol–water partition coefficient (Wildman–Crippen LogP) is 0.238. The van der Waals surface area contributed by atoms with E-state index < -0.39 is 9.84 Å². The molecule has 0 radical (unpaired) electrons. The molecule has 25 heavy (non-hydrogen) atoms. The Kier molecular flexibility index (Phi) is 5.29. The molecule has 2 aliphatic heterocycles. The van der Waals surface area contributed by atoms with Crippen LogP contribution in [-0.2, 0) is 14.6 Å². The Bertz CT molecular complexity index is 702. The first kappa shape index (κ1) is 18.1. The lowest BCUT2D eigenvalue weighted by molar-refractivity contribution is -0.136. The van der Waals surface area contributed by atoms with Gasteiger partial charge in [0, 0.05) is 45.5 Å². The van der Waals surface area contributed by atoms with Crippen LogP contribution in [0.25, 0.3) is 0 Å². The number of piperazine rings is 1. The largest absolute Gasteiger partial charge is 0.354 e. The molecule has 1 aromatic rings. The van der Waals surface area contributed by atoms with Crippen molar-refractivity contribution >= 4 is 21.6 Å². The van der Waals surface area contributed by atoms with E-state index in [1.165, 1.54) is 0 Å². The van der Waals surface area contributed by atoms with Gasteiger partial charge in [-0.2, -0.15) is 0 Å². The summed E-state index contributed by atoms with van der Waals surface area (Å²) in [4.78, 5) is 23.2. The Balaban J connectivity index is 1.55. The summed E-state index contributed by atoms with van der Waals surface area (Å²) in [5.41, 5.74) is 0. The second-order valence-corrected chi connectivity index (χ2v) is 9.12. The average molecular weight is 366 g/mol. The van der Waals surface area contributed by atoms with Crippen molar-refractivity contribution in [1.29, 1.82) is 0 Å². The summed E-state index contributed by atoms with van der Waals surface area (Å²) in [5, 5.41) is 0. The number of likely N-dealkylation sites (N-methyl/N-ethyl adjacent to an activating group) is 1. The topological polar surface area (TPSA) is 73.8 Å². The minimum atomic E-state index is -2.98. The van der Waals surface area contributed by atoms with Crippen molar-refractivity contribution in [2.45, 2.75) is 25.4 Å². The summed E-state index contributed by atoms with van der Waals surface area (Å²) in [6.07, 6.45) is 2.34. The van der Waals surface area contributed by atoms with E-state index in [1.807, 2.05) is 25.1 Å². The van der Waals surface area contributed by atoms with Gasteiger partial charge < -0.3 is 9.80 Å². The first-order chi connectivity index (χ1) is 11.9. The number of hydrogen-bond acceptors (Lipinski definition) is 6. The van der Waals surface area contributed by atoms with E-state index in [1.54, 1.807) is 18.1 Å². The number of carbonyl (C=O) groups is 1. The zero-order valence-corrected chi connectivity index (χ0v) is 15.7. The zero-order chi connectivity index (χ0) is 18.0. The molecule has 2 fully saturated rings. The van der Waals surface area contributed by atoms with Crippen LogP contribution < -0.4 is 4.90 Å². The molecule has 0 N–H and O–H groups in total. The molecule has 0 aliphatic carbocycles. The minimum Gasteiger partial charge on any atom is -0.354 e. The van der Waals surface area contributed by atoms with Gasteiger partial charge in [-0.3, -0.25) is 9.69 Å². The highest BCUT2D eigenvalue weighted by Gasteiger charge is 2.35. The van der Waals surface area contributed by atoms with Crippen LogP contribution in [0.4, 0.5) is 5.82 Å². The van der Waals surface area contributed by atoms with Gasteiger partial charge in [0.2, 0.25) is 5.91 Å². The molecule has 3 rings (SSSR count). The van der Waals surface area contributed by atoms with Gasteiger partial charge in [0.1, 0.15) is 5.82 Å². The van der Waals surface area contributed by atoms with E-state index in [2.05, 4.69) is 14.8 Å². The van der Waals surface area contributed by atoms with E-state index >= 15 is 0 Å². The molecule has 138 valence electrons. The molecular weight excluding hydrogens is 340 g/mol. The van der Waals surface area contributed by atoms with Crippen molar-refractivity contribution < 1.29 is 13.2 Å². The van der Waals surface area contributed by atoms with E-state index in [4.69, 9.17) is 0 Å². The van der Waals surface area contributed by atoms with Crippen LogP contribution in [0.1, 0.15) is 13.3 Å². The second kappa shape index (κ2) is 7.29. The molecule has 8 heteroatoms. The van der Waals surface area contributed by atoms with Gasteiger partial charge in [-0.25, -0.2) is 13.4 Å².